The maximum absolute atomic E-state index is 13.0. The molecule has 4 rings (SSSR count). The molecular formula is C22H25FN2O3. The number of para-hydroxylation sites is 1. The van der Waals surface area contributed by atoms with E-state index >= 15 is 0 Å². The van der Waals surface area contributed by atoms with Crippen molar-refractivity contribution in [2.24, 2.45) is 0 Å². The van der Waals surface area contributed by atoms with Crippen LogP contribution in [-0.2, 0) is 11.2 Å². The zero-order chi connectivity index (χ0) is 19.6. The summed E-state index contributed by atoms with van der Waals surface area (Å²) in [5.41, 5.74) is 1.19. The molecule has 0 spiro atoms. The third kappa shape index (κ3) is 4.18. The Kier molecular flexibility index (Phi) is 5.33. The standard InChI is InChI=1S/C22H25FN2O3/c23-18-6-8-19(9-7-18)28-16-22(27)11-3-12-24(15-22)14-21(26)25-13-10-17-4-1-2-5-20(17)25/h1-2,4-9,27H,3,10-16H2. The van der Waals surface area contributed by atoms with E-state index < -0.39 is 5.60 Å². The van der Waals surface area contributed by atoms with E-state index in [4.69, 9.17) is 4.74 Å². The number of fused-ring (bicyclic) bond motifs is 1. The number of benzene rings is 2. The second-order valence-electron chi connectivity index (χ2n) is 7.71. The van der Waals surface area contributed by atoms with Gasteiger partial charge in [-0.15, -0.1) is 0 Å². The molecule has 0 aliphatic carbocycles. The van der Waals surface area contributed by atoms with E-state index in [2.05, 4.69) is 6.07 Å². The molecule has 2 aromatic carbocycles. The van der Waals surface area contributed by atoms with E-state index in [0.29, 0.717) is 25.3 Å². The molecular weight excluding hydrogens is 359 g/mol. The Morgan fingerprint density at radius 3 is 2.75 bits per heavy atom. The highest BCUT2D eigenvalue weighted by molar-refractivity contribution is 5.96. The van der Waals surface area contributed by atoms with Crippen molar-refractivity contribution in [1.82, 2.24) is 4.90 Å². The maximum Gasteiger partial charge on any atom is 0.241 e. The van der Waals surface area contributed by atoms with Crippen molar-refractivity contribution in [2.45, 2.75) is 24.9 Å². The van der Waals surface area contributed by atoms with Crippen molar-refractivity contribution in [3.63, 3.8) is 0 Å². The first-order chi connectivity index (χ1) is 13.5. The van der Waals surface area contributed by atoms with Gasteiger partial charge in [-0.3, -0.25) is 9.69 Å². The maximum atomic E-state index is 13.0. The summed E-state index contributed by atoms with van der Waals surface area (Å²) >= 11 is 0. The number of likely N-dealkylation sites (tertiary alicyclic amines) is 1. The number of aliphatic hydroxyl groups is 1. The van der Waals surface area contributed by atoms with E-state index in [-0.39, 0.29) is 24.9 Å². The number of hydrogen-bond donors (Lipinski definition) is 1. The summed E-state index contributed by atoms with van der Waals surface area (Å²) < 4.78 is 18.7. The quantitative estimate of drug-likeness (QED) is 0.861. The Morgan fingerprint density at radius 2 is 1.93 bits per heavy atom. The molecule has 1 atom stereocenters. The first kappa shape index (κ1) is 18.9. The number of halogens is 1. The molecule has 1 saturated heterocycles. The lowest BCUT2D eigenvalue weighted by molar-refractivity contribution is -0.122. The normalized spacial score (nSPS) is 22.1. The highest BCUT2D eigenvalue weighted by Gasteiger charge is 2.36. The van der Waals surface area contributed by atoms with Gasteiger partial charge in [-0.25, -0.2) is 4.39 Å². The van der Waals surface area contributed by atoms with Gasteiger partial charge in [0.2, 0.25) is 5.91 Å². The Morgan fingerprint density at radius 1 is 1.14 bits per heavy atom. The lowest BCUT2D eigenvalue weighted by atomic mass is 9.93. The molecule has 2 heterocycles. The van der Waals surface area contributed by atoms with Gasteiger partial charge in [-0.1, -0.05) is 18.2 Å². The fraction of sp³-hybridized carbons (Fsp3) is 0.409. The molecule has 28 heavy (non-hydrogen) atoms. The fourth-order valence-electron chi connectivity index (χ4n) is 4.08. The smallest absolute Gasteiger partial charge is 0.241 e. The molecule has 6 heteroatoms. The number of rotatable bonds is 5. The first-order valence-corrected chi connectivity index (χ1v) is 9.74. The number of amides is 1. The van der Waals surface area contributed by atoms with Crippen LogP contribution in [0.1, 0.15) is 18.4 Å². The fourth-order valence-corrected chi connectivity index (χ4v) is 4.08. The molecule has 1 fully saturated rings. The van der Waals surface area contributed by atoms with Crippen LogP contribution < -0.4 is 9.64 Å². The lowest BCUT2D eigenvalue weighted by Gasteiger charge is -2.39. The van der Waals surface area contributed by atoms with Gasteiger partial charge in [0, 0.05) is 18.8 Å². The van der Waals surface area contributed by atoms with Gasteiger partial charge < -0.3 is 14.7 Å². The number of carbonyl (C=O) groups is 1. The largest absolute Gasteiger partial charge is 0.491 e. The number of β-amino-alcohol motifs (C(OH)–C–C–N with tert-alkyl or cyclic N) is 1. The Balaban J connectivity index is 1.34. The summed E-state index contributed by atoms with van der Waals surface area (Å²) in [6.45, 7) is 2.28. The summed E-state index contributed by atoms with van der Waals surface area (Å²) in [5, 5.41) is 10.9. The Hall–Kier alpha value is -2.44. The van der Waals surface area contributed by atoms with E-state index in [1.807, 2.05) is 28.0 Å². The first-order valence-electron chi connectivity index (χ1n) is 9.74. The predicted molar refractivity (Wildman–Crippen MR) is 105 cm³/mol. The highest BCUT2D eigenvalue weighted by Crippen LogP contribution is 2.28. The Labute approximate surface area is 164 Å². The van der Waals surface area contributed by atoms with Crippen LogP contribution in [0.25, 0.3) is 0 Å². The third-order valence-electron chi connectivity index (χ3n) is 5.50. The van der Waals surface area contributed by atoms with Crippen LogP contribution in [0, 0.1) is 5.82 Å². The zero-order valence-electron chi connectivity index (χ0n) is 15.8. The van der Waals surface area contributed by atoms with Crippen LogP contribution in [0.15, 0.2) is 48.5 Å². The number of carbonyl (C=O) groups excluding carboxylic acids is 1. The molecule has 0 bridgehead atoms. The minimum atomic E-state index is -1.02. The zero-order valence-corrected chi connectivity index (χ0v) is 15.8. The molecule has 0 radical (unpaired) electrons. The molecule has 148 valence electrons. The minimum Gasteiger partial charge on any atom is -0.491 e. The van der Waals surface area contributed by atoms with E-state index in [0.717, 1.165) is 25.1 Å². The van der Waals surface area contributed by atoms with Crippen LogP contribution in [0.4, 0.5) is 10.1 Å². The van der Waals surface area contributed by atoms with Gasteiger partial charge in [-0.2, -0.15) is 0 Å². The van der Waals surface area contributed by atoms with E-state index in [9.17, 15) is 14.3 Å². The molecule has 1 N–H and O–H groups in total. The number of piperidine rings is 1. The van der Waals surface area contributed by atoms with Crippen LogP contribution in [0.5, 0.6) is 5.75 Å². The Bertz CT molecular complexity index is 842. The van der Waals surface area contributed by atoms with E-state index in [1.165, 1.54) is 17.7 Å². The van der Waals surface area contributed by atoms with Gasteiger partial charge in [-0.05, 0) is 61.7 Å². The van der Waals surface area contributed by atoms with E-state index in [1.54, 1.807) is 12.1 Å². The molecule has 2 aliphatic heterocycles. The van der Waals surface area contributed by atoms with Crippen molar-refractivity contribution in [3.8, 4) is 5.75 Å². The second-order valence-corrected chi connectivity index (χ2v) is 7.71. The molecule has 1 amide bonds. The SMILES string of the molecule is O=C(CN1CCCC(O)(COc2ccc(F)cc2)C1)N1CCc2ccccc21. The topological polar surface area (TPSA) is 53.0 Å². The van der Waals surface area contributed by atoms with Crippen molar-refractivity contribution in [1.29, 1.82) is 0 Å². The van der Waals surface area contributed by atoms with Gasteiger partial charge >= 0.3 is 0 Å². The molecule has 1 unspecified atom stereocenters. The summed E-state index contributed by atoms with van der Waals surface area (Å²) in [6.07, 6.45) is 2.30. The van der Waals surface area contributed by atoms with Crippen molar-refractivity contribution < 1.29 is 19.0 Å². The molecule has 5 nitrogen and oxygen atoms in total. The van der Waals surface area contributed by atoms with Crippen LogP contribution in [0.3, 0.4) is 0 Å². The van der Waals surface area contributed by atoms with Gasteiger partial charge in [0.25, 0.3) is 0 Å². The van der Waals surface area contributed by atoms with Crippen molar-refractivity contribution in [3.05, 3.63) is 59.9 Å². The number of ether oxygens (including phenoxy) is 1. The summed E-state index contributed by atoms with van der Waals surface area (Å²) in [7, 11) is 0. The average Bonchev–Trinajstić information content (AvgIpc) is 3.12. The number of nitrogens with zero attached hydrogens (tertiary/aromatic N) is 2. The minimum absolute atomic E-state index is 0.0636. The van der Waals surface area contributed by atoms with Crippen LogP contribution >= 0.6 is 0 Å². The number of anilines is 1. The van der Waals surface area contributed by atoms with Crippen molar-refractivity contribution in [2.75, 3.05) is 37.7 Å². The third-order valence-corrected chi connectivity index (χ3v) is 5.50. The molecule has 2 aliphatic rings. The monoisotopic (exact) mass is 384 g/mol. The summed E-state index contributed by atoms with van der Waals surface area (Å²) in [6, 6.07) is 13.8. The van der Waals surface area contributed by atoms with Gasteiger partial charge in [0.1, 0.15) is 23.8 Å². The van der Waals surface area contributed by atoms with Crippen LogP contribution in [0.2, 0.25) is 0 Å². The van der Waals surface area contributed by atoms with Crippen LogP contribution in [-0.4, -0.2) is 54.3 Å². The molecule has 0 saturated carbocycles. The summed E-state index contributed by atoms with van der Waals surface area (Å²) in [5.74, 6) is 0.266. The molecule has 2 aromatic rings. The lowest BCUT2D eigenvalue weighted by Crippen LogP contribution is -2.53. The number of hydrogen-bond acceptors (Lipinski definition) is 4. The summed E-state index contributed by atoms with van der Waals surface area (Å²) in [4.78, 5) is 16.7. The van der Waals surface area contributed by atoms with Gasteiger partial charge in [0.05, 0.1) is 6.54 Å². The average molecular weight is 384 g/mol. The van der Waals surface area contributed by atoms with Crippen molar-refractivity contribution >= 4 is 11.6 Å². The highest BCUT2D eigenvalue weighted by atomic mass is 19.1. The van der Waals surface area contributed by atoms with Gasteiger partial charge in [0.15, 0.2) is 0 Å². The predicted octanol–water partition coefficient (Wildman–Crippen LogP) is 2.62. The molecule has 0 aromatic heterocycles. The second kappa shape index (κ2) is 7.89.